The van der Waals surface area contributed by atoms with E-state index in [1.807, 2.05) is 16.5 Å². The quantitative estimate of drug-likeness (QED) is 0.867. The molecule has 0 bridgehead atoms. The molecule has 1 N–H and O–H groups in total. The summed E-state index contributed by atoms with van der Waals surface area (Å²) in [4.78, 5) is 19.0. The van der Waals surface area contributed by atoms with Crippen LogP contribution in [0.4, 0.5) is 0 Å². The van der Waals surface area contributed by atoms with Gasteiger partial charge in [-0.1, -0.05) is 18.2 Å². The Kier molecular flexibility index (Phi) is 4.23. The zero-order valence-corrected chi connectivity index (χ0v) is 13.6. The van der Waals surface area contributed by atoms with Crippen molar-refractivity contribution in [3.8, 4) is 0 Å². The molecule has 0 spiro atoms. The summed E-state index contributed by atoms with van der Waals surface area (Å²) in [5.41, 5.74) is 2.51. The van der Waals surface area contributed by atoms with E-state index < -0.39 is 16.0 Å². The second-order valence-electron chi connectivity index (χ2n) is 5.58. The van der Waals surface area contributed by atoms with E-state index in [2.05, 4.69) is 0 Å². The maximum atomic E-state index is 12.2. The van der Waals surface area contributed by atoms with Gasteiger partial charge in [-0.2, -0.15) is 0 Å². The maximum Gasteiger partial charge on any atom is 0.359 e. The first kappa shape index (κ1) is 15.8. The Morgan fingerprint density at radius 3 is 2.61 bits per heavy atom. The number of sulfonamides is 1. The smallest absolute Gasteiger partial charge is 0.353 e. The normalized spacial score (nSPS) is 14.3. The Labute approximate surface area is 135 Å². The molecule has 1 aromatic heterocycles. The van der Waals surface area contributed by atoms with E-state index in [0.717, 1.165) is 36.9 Å². The predicted octanol–water partition coefficient (Wildman–Crippen LogP) is 1.95. The molecule has 2 aromatic rings. The Morgan fingerprint density at radius 1 is 1.17 bits per heavy atom. The summed E-state index contributed by atoms with van der Waals surface area (Å²) in [5.74, 6) is -0.678. The molecule has 122 valence electrons. The van der Waals surface area contributed by atoms with Crippen molar-refractivity contribution in [1.82, 2.24) is 9.45 Å². The third kappa shape index (κ3) is 3.16. The molecule has 1 heterocycles. The molecule has 0 unspecified atom stereocenters. The van der Waals surface area contributed by atoms with Gasteiger partial charge in [0.1, 0.15) is 0 Å². The number of nitrogens with zero attached hydrogens (tertiary/aromatic N) is 1. The fraction of sp³-hybridized carbons (Fsp3) is 0.312. The lowest BCUT2D eigenvalue weighted by Gasteiger charge is -2.14. The van der Waals surface area contributed by atoms with E-state index in [4.69, 9.17) is 4.84 Å². The minimum atomic E-state index is -3.88. The summed E-state index contributed by atoms with van der Waals surface area (Å²) < 4.78 is 26.1. The lowest BCUT2D eigenvalue weighted by atomic mass is 9.95. The topological polar surface area (TPSA) is 77.4 Å². The van der Waals surface area contributed by atoms with Gasteiger partial charge in [-0.05, 0) is 48.3 Å². The van der Waals surface area contributed by atoms with Crippen molar-refractivity contribution in [3.05, 3.63) is 53.3 Å². The fourth-order valence-electron chi connectivity index (χ4n) is 2.89. The van der Waals surface area contributed by atoms with Crippen molar-refractivity contribution in [2.45, 2.75) is 30.6 Å². The molecule has 7 heteroatoms. The van der Waals surface area contributed by atoms with Gasteiger partial charge in [0.15, 0.2) is 0 Å². The van der Waals surface area contributed by atoms with Crippen LogP contribution >= 0.6 is 0 Å². The van der Waals surface area contributed by atoms with Crippen LogP contribution in [0.2, 0.25) is 0 Å². The number of fused-ring (bicyclic) bond motifs is 1. The van der Waals surface area contributed by atoms with Crippen molar-refractivity contribution < 1.29 is 18.0 Å². The van der Waals surface area contributed by atoms with Gasteiger partial charge in [0.05, 0.1) is 10.5 Å². The van der Waals surface area contributed by atoms with Gasteiger partial charge in [0, 0.05) is 18.9 Å². The Balaban J connectivity index is 1.76. The molecule has 0 radical (unpaired) electrons. The first-order chi connectivity index (χ1) is 11.0. The van der Waals surface area contributed by atoms with Crippen molar-refractivity contribution in [2.24, 2.45) is 7.05 Å². The summed E-state index contributed by atoms with van der Waals surface area (Å²) in [6.45, 7) is 0. The number of aryl methyl sites for hydroxylation is 1. The number of benzene rings is 1. The molecule has 1 aliphatic rings. The second kappa shape index (κ2) is 6.17. The first-order valence-electron chi connectivity index (χ1n) is 7.44. The highest BCUT2D eigenvalue weighted by molar-refractivity contribution is 7.89. The average Bonchev–Trinajstić information content (AvgIpc) is 2.91. The standard InChI is InChI=1S/C16H18N2O4S/c1-18-11-14(13-9-5-6-10-15(13)18)16(19)22-17-23(20,21)12-7-3-2-4-8-12/h2-4,7-8,11,17H,5-6,9-10H2,1H3. The molecular formula is C16H18N2O4S. The van der Waals surface area contributed by atoms with Crippen molar-refractivity contribution in [1.29, 1.82) is 0 Å². The van der Waals surface area contributed by atoms with E-state index in [1.54, 1.807) is 24.4 Å². The highest BCUT2D eigenvalue weighted by Gasteiger charge is 2.24. The first-order valence-corrected chi connectivity index (χ1v) is 8.92. The molecule has 0 atom stereocenters. The van der Waals surface area contributed by atoms with E-state index >= 15 is 0 Å². The molecule has 0 amide bonds. The predicted molar refractivity (Wildman–Crippen MR) is 84.2 cm³/mol. The maximum absolute atomic E-state index is 12.2. The van der Waals surface area contributed by atoms with Gasteiger partial charge in [-0.25, -0.2) is 13.2 Å². The monoisotopic (exact) mass is 334 g/mol. The van der Waals surface area contributed by atoms with Crippen LogP contribution in [0.15, 0.2) is 41.4 Å². The lowest BCUT2D eigenvalue weighted by Crippen LogP contribution is -2.27. The van der Waals surface area contributed by atoms with Crippen LogP contribution in [0.1, 0.15) is 34.5 Å². The van der Waals surface area contributed by atoms with Gasteiger partial charge >= 0.3 is 5.97 Å². The van der Waals surface area contributed by atoms with Crippen LogP contribution in [0.5, 0.6) is 0 Å². The molecule has 6 nitrogen and oxygen atoms in total. The zero-order chi connectivity index (χ0) is 16.4. The number of rotatable bonds is 4. The third-order valence-electron chi connectivity index (χ3n) is 4.03. The average molecular weight is 334 g/mol. The van der Waals surface area contributed by atoms with Crippen molar-refractivity contribution in [3.63, 3.8) is 0 Å². The molecule has 1 aliphatic carbocycles. The van der Waals surface area contributed by atoms with Gasteiger partial charge in [-0.3, -0.25) is 0 Å². The van der Waals surface area contributed by atoms with E-state index in [1.165, 1.54) is 12.1 Å². The highest BCUT2D eigenvalue weighted by atomic mass is 32.2. The van der Waals surface area contributed by atoms with E-state index in [9.17, 15) is 13.2 Å². The fourth-order valence-corrected chi connectivity index (χ4v) is 3.69. The van der Waals surface area contributed by atoms with Crippen molar-refractivity contribution >= 4 is 16.0 Å². The molecule has 1 aromatic carbocycles. The highest BCUT2D eigenvalue weighted by Crippen LogP contribution is 2.26. The van der Waals surface area contributed by atoms with Gasteiger partial charge < -0.3 is 9.40 Å². The molecular weight excluding hydrogens is 316 g/mol. The minimum absolute atomic E-state index is 0.0443. The van der Waals surface area contributed by atoms with Crippen LogP contribution in [-0.2, 0) is 34.8 Å². The molecule has 23 heavy (non-hydrogen) atoms. The third-order valence-corrected chi connectivity index (χ3v) is 5.23. The van der Waals surface area contributed by atoms with Crippen LogP contribution in [-0.4, -0.2) is 19.0 Å². The zero-order valence-electron chi connectivity index (χ0n) is 12.8. The SMILES string of the molecule is Cn1cc(C(=O)ONS(=O)(=O)c2ccccc2)c2c1CCCC2. The summed E-state index contributed by atoms with van der Waals surface area (Å²) in [6.07, 6.45) is 5.56. The number of hydrogen-bond donors (Lipinski definition) is 1. The Morgan fingerprint density at radius 2 is 1.87 bits per heavy atom. The summed E-state index contributed by atoms with van der Waals surface area (Å²) in [5, 5.41) is 0. The molecule has 0 aliphatic heterocycles. The summed E-state index contributed by atoms with van der Waals surface area (Å²) in [7, 11) is -1.99. The molecule has 0 saturated heterocycles. The van der Waals surface area contributed by atoms with Crippen LogP contribution < -0.4 is 4.89 Å². The Bertz CT molecular complexity index is 825. The van der Waals surface area contributed by atoms with Gasteiger partial charge in [-0.15, -0.1) is 0 Å². The minimum Gasteiger partial charge on any atom is -0.353 e. The summed E-state index contributed by atoms with van der Waals surface area (Å²) >= 11 is 0. The lowest BCUT2D eigenvalue weighted by molar-refractivity contribution is 0.0406. The van der Waals surface area contributed by atoms with E-state index in [-0.39, 0.29) is 4.90 Å². The van der Waals surface area contributed by atoms with Crippen molar-refractivity contribution in [2.75, 3.05) is 0 Å². The number of carbonyl (C=O) groups is 1. The second-order valence-corrected chi connectivity index (χ2v) is 7.22. The van der Waals surface area contributed by atoms with Gasteiger partial charge in [0.25, 0.3) is 10.0 Å². The van der Waals surface area contributed by atoms with Gasteiger partial charge in [0.2, 0.25) is 0 Å². The number of aromatic nitrogens is 1. The Hall–Kier alpha value is -2.12. The van der Waals surface area contributed by atoms with Crippen LogP contribution in [0.3, 0.4) is 0 Å². The molecule has 0 saturated carbocycles. The van der Waals surface area contributed by atoms with Crippen LogP contribution in [0, 0.1) is 0 Å². The van der Waals surface area contributed by atoms with Crippen LogP contribution in [0.25, 0.3) is 0 Å². The van der Waals surface area contributed by atoms with E-state index in [0.29, 0.717) is 5.56 Å². The largest absolute Gasteiger partial charge is 0.359 e. The summed E-state index contributed by atoms with van der Waals surface area (Å²) in [6, 6.07) is 7.77. The number of carbonyl (C=O) groups excluding carboxylic acids is 1. The number of hydrogen-bond acceptors (Lipinski definition) is 4. The molecule has 0 fully saturated rings. The number of nitrogens with one attached hydrogen (secondary N) is 1. The molecule has 3 rings (SSSR count).